The third-order valence-electron chi connectivity index (χ3n) is 5.26. The van der Waals surface area contributed by atoms with Gasteiger partial charge in [0, 0.05) is 16.8 Å². The second kappa shape index (κ2) is 12.0. The number of ether oxygens (including phenoxy) is 3. The highest BCUT2D eigenvalue weighted by molar-refractivity contribution is 7.99. The third kappa shape index (κ3) is 5.84. The number of rotatable bonds is 10. The summed E-state index contributed by atoms with van der Waals surface area (Å²) in [4.78, 5) is 12.5. The first-order valence-corrected chi connectivity index (χ1v) is 12.1. The van der Waals surface area contributed by atoms with Gasteiger partial charge in [0.2, 0.25) is 0 Å². The molecule has 0 fully saturated rings. The molecule has 1 aromatic heterocycles. The smallest absolute Gasteiger partial charge is 0.250 e. The maximum Gasteiger partial charge on any atom is 0.250 e. The molecule has 0 saturated carbocycles. The van der Waals surface area contributed by atoms with Crippen molar-refractivity contribution in [2.24, 2.45) is 5.10 Å². The summed E-state index contributed by atoms with van der Waals surface area (Å²) in [5, 5.41) is 23.3. The summed E-state index contributed by atoms with van der Waals surface area (Å²) in [5.41, 5.74) is 4.48. The van der Waals surface area contributed by atoms with Gasteiger partial charge >= 0.3 is 0 Å². The monoisotopic (exact) mass is 519 g/mol. The number of nitrogens with one attached hydrogen (secondary N) is 1. The molecule has 1 heterocycles. The number of phenols is 1. The van der Waals surface area contributed by atoms with Crippen LogP contribution in [0.25, 0.3) is 17.1 Å². The second-order valence-electron chi connectivity index (χ2n) is 7.53. The van der Waals surface area contributed by atoms with E-state index >= 15 is 0 Å². The van der Waals surface area contributed by atoms with Crippen LogP contribution in [0, 0.1) is 0 Å². The van der Waals surface area contributed by atoms with Gasteiger partial charge in [0.05, 0.1) is 33.3 Å². The summed E-state index contributed by atoms with van der Waals surface area (Å²) in [6.45, 7) is 0. The van der Waals surface area contributed by atoms with Crippen molar-refractivity contribution in [3.05, 3.63) is 72.3 Å². The Hall–Kier alpha value is -4.51. The summed E-state index contributed by atoms with van der Waals surface area (Å²) >= 11 is 1.22. The number of aromatic hydroxyl groups is 1. The first-order valence-electron chi connectivity index (χ1n) is 11.1. The number of amides is 1. The molecule has 0 aliphatic rings. The molecule has 4 rings (SSSR count). The maximum atomic E-state index is 12.5. The predicted octanol–water partition coefficient (Wildman–Crippen LogP) is 3.91. The fourth-order valence-electron chi connectivity index (χ4n) is 3.48. The third-order valence-corrected chi connectivity index (χ3v) is 6.19. The van der Waals surface area contributed by atoms with E-state index in [0.717, 1.165) is 11.3 Å². The number of methoxy groups -OCH3 is 3. The van der Waals surface area contributed by atoms with Gasteiger partial charge in [0.15, 0.2) is 34.0 Å². The van der Waals surface area contributed by atoms with E-state index in [4.69, 9.17) is 14.2 Å². The van der Waals surface area contributed by atoms with Crippen molar-refractivity contribution in [3.8, 4) is 40.1 Å². The lowest BCUT2D eigenvalue weighted by molar-refractivity contribution is -0.118. The highest BCUT2D eigenvalue weighted by atomic mass is 32.2. The number of hydrogen-bond acceptors (Lipinski definition) is 9. The number of hydrogen-bond donors (Lipinski definition) is 2. The number of hydrazone groups is 1. The highest BCUT2D eigenvalue weighted by Gasteiger charge is 2.18. The van der Waals surface area contributed by atoms with Crippen LogP contribution < -0.4 is 19.6 Å². The Morgan fingerprint density at radius 3 is 2.46 bits per heavy atom. The number of nitrogens with zero attached hydrogens (tertiary/aromatic N) is 4. The first-order chi connectivity index (χ1) is 18.0. The number of thioether (sulfide) groups is 1. The van der Waals surface area contributed by atoms with E-state index in [9.17, 15) is 9.90 Å². The number of phenolic OH excluding ortho intramolecular Hbond substituents is 1. The molecule has 2 N–H and O–H groups in total. The lowest BCUT2D eigenvalue weighted by atomic mass is 10.2. The van der Waals surface area contributed by atoms with E-state index < -0.39 is 0 Å². The number of benzene rings is 3. The van der Waals surface area contributed by atoms with Gasteiger partial charge in [-0.15, -0.1) is 10.2 Å². The van der Waals surface area contributed by atoms with Gasteiger partial charge in [0.25, 0.3) is 5.91 Å². The van der Waals surface area contributed by atoms with Crippen molar-refractivity contribution in [1.82, 2.24) is 20.2 Å². The van der Waals surface area contributed by atoms with Crippen molar-refractivity contribution < 1.29 is 24.1 Å². The zero-order valence-corrected chi connectivity index (χ0v) is 21.2. The summed E-state index contributed by atoms with van der Waals surface area (Å²) < 4.78 is 17.7. The summed E-state index contributed by atoms with van der Waals surface area (Å²) in [5.74, 6) is 1.70. The van der Waals surface area contributed by atoms with Gasteiger partial charge in [0.1, 0.15) is 0 Å². The Bertz CT molecular complexity index is 1410. The fraction of sp³-hybridized carbons (Fsp3) is 0.154. The molecule has 0 bridgehead atoms. The summed E-state index contributed by atoms with van der Waals surface area (Å²) in [6.07, 6.45) is 1.35. The van der Waals surface area contributed by atoms with E-state index in [1.165, 1.54) is 25.1 Å². The van der Waals surface area contributed by atoms with Gasteiger partial charge in [-0.25, -0.2) is 5.43 Å². The molecule has 1 amide bonds. The predicted molar refractivity (Wildman–Crippen MR) is 141 cm³/mol. The highest BCUT2D eigenvalue weighted by Crippen LogP contribution is 2.34. The van der Waals surface area contributed by atoms with Crippen LogP contribution in [0.4, 0.5) is 0 Å². The molecule has 0 spiro atoms. The quantitative estimate of drug-likeness (QED) is 0.184. The van der Waals surface area contributed by atoms with Crippen molar-refractivity contribution >= 4 is 23.9 Å². The number of carbonyl (C=O) groups excluding carboxylic acids is 1. The standard InChI is InChI=1S/C26H25N5O5S/c1-34-20-13-12-17(14-22(20)36-3)25-29-30-26(31(25)19-9-5-4-6-10-19)37-16-23(32)28-27-15-18-8-7-11-21(35-2)24(18)33/h4-15,33H,16H2,1-3H3,(H,28,32)/b27-15-. The van der Waals surface area contributed by atoms with Crippen LogP contribution in [0.5, 0.6) is 23.0 Å². The zero-order valence-electron chi connectivity index (χ0n) is 20.4. The molecule has 0 aliphatic carbocycles. The minimum Gasteiger partial charge on any atom is -0.504 e. The molecule has 0 unspecified atom stereocenters. The van der Waals surface area contributed by atoms with E-state index in [1.807, 2.05) is 47.0 Å². The van der Waals surface area contributed by atoms with Gasteiger partial charge in [-0.2, -0.15) is 5.10 Å². The minimum absolute atomic E-state index is 0.0400. The Kier molecular flexibility index (Phi) is 8.26. The Morgan fingerprint density at radius 1 is 0.973 bits per heavy atom. The van der Waals surface area contributed by atoms with E-state index in [-0.39, 0.29) is 17.4 Å². The average Bonchev–Trinajstić information content (AvgIpc) is 3.37. The van der Waals surface area contributed by atoms with Gasteiger partial charge < -0.3 is 19.3 Å². The molecule has 3 aromatic carbocycles. The first kappa shape index (κ1) is 25.6. The van der Waals surface area contributed by atoms with E-state index in [0.29, 0.717) is 33.8 Å². The average molecular weight is 520 g/mol. The van der Waals surface area contributed by atoms with Gasteiger partial charge in [-0.3, -0.25) is 9.36 Å². The lowest BCUT2D eigenvalue weighted by Gasteiger charge is -2.12. The zero-order chi connectivity index (χ0) is 26.2. The lowest BCUT2D eigenvalue weighted by Crippen LogP contribution is -2.20. The van der Waals surface area contributed by atoms with Gasteiger partial charge in [-0.1, -0.05) is 36.0 Å². The normalized spacial score (nSPS) is 10.9. The minimum atomic E-state index is -0.348. The topological polar surface area (TPSA) is 120 Å². The molecule has 0 radical (unpaired) electrons. The van der Waals surface area contributed by atoms with Crippen LogP contribution >= 0.6 is 11.8 Å². The maximum absolute atomic E-state index is 12.5. The van der Waals surface area contributed by atoms with Crippen molar-refractivity contribution in [1.29, 1.82) is 0 Å². The number of aromatic nitrogens is 3. The number of carbonyl (C=O) groups is 1. The van der Waals surface area contributed by atoms with Crippen molar-refractivity contribution in [2.75, 3.05) is 27.1 Å². The van der Waals surface area contributed by atoms with Crippen LogP contribution in [0.3, 0.4) is 0 Å². The van der Waals surface area contributed by atoms with Crippen LogP contribution in [0.1, 0.15) is 5.56 Å². The second-order valence-corrected chi connectivity index (χ2v) is 8.47. The Morgan fingerprint density at radius 2 is 1.73 bits per heavy atom. The molecule has 190 valence electrons. The molecular formula is C26H25N5O5S. The summed E-state index contributed by atoms with van der Waals surface area (Å²) in [6, 6.07) is 20.1. The van der Waals surface area contributed by atoms with Crippen molar-refractivity contribution in [2.45, 2.75) is 5.16 Å². The summed E-state index contributed by atoms with van der Waals surface area (Å²) in [7, 11) is 4.61. The molecule has 0 atom stereocenters. The van der Waals surface area contributed by atoms with Crippen LogP contribution in [-0.4, -0.2) is 59.1 Å². The van der Waals surface area contributed by atoms with E-state index in [1.54, 1.807) is 38.5 Å². The molecule has 37 heavy (non-hydrogen) atoms. The van der Waals surface area contributed by atoms with E-state index in [2.05, 4.69) is 20.7 Å². The van der Waals surface area contributed by atoms with Gasteiger partial charge in [-0.05, 0) is 42.5 Å². The molecule has 0 aliphatic heterocycles. The van der Waals surface area contributed by atoms with Crippen LogP contribution in [-0.2, 0) is 4.79 Å². The molecule has 4 aromatic rings. The van der Waals surface area contributed by atoms with Crippen LogP contribution in [0.2, 0.25) is 0 Å². The SMILES string of the molecule is COc1ccc(-c2nnc(SCC(=O)N/N=C\c3cccc(OC)c3O)n2-c2ccccc2)cc1OC. The molecule has 11 heteroatoms. The largest absolute Gasteiger partial charge is 0.504 e. The van der Waals surface area contributed by atoms with Crippen LogP contribution in [0.15, 0.2) is 77.0 Å². The van der Waals surface area contributed by atoms with Crippen molar-refractivity contribution in [3.63, 3.8) is 0 Å². The fourth-order valence-corrected chi connectivity index (χ4v) is 4.22. The molecular weight excluding hydrogens is 494 g/mol. The molecule has 10 nitrogen and oxygen atoms in total. The Labute approximate surface area is 217 Å². The number of para-hydroxylation sites is 2. The Balaban J connectivity index is 1.53. The molecule has 0 saturated heterocycles.